The van der Waals surface area contributed by atoms with Crippen molar-refractivity contribution in [2.24, 2.45) is 5.92 Å². The molecule has 0 aromatic carbocycles. The molecule has 23 heavy (non-hydrogen) atoms. The second kappa shape index (κ2) is 6.80. The van der Waals surface area contributed by atoms with Gasteiger partial charge in [0.25, 0.3) is 0 Å². The van der Waals surface area contributed by atoms with Gasteiger partial charge >= 0.3 is 0 Å². The summed E-state index contributed by atoms with van der Waals surface area (Å²) in [6.07, 6.45) is 6.63. The van der Waals surface area contributed by atoms with E-state index in [4.69, 9.17) is 4.74 Å². The van der Waals surface area contributed by atoms with E-state index < -0.39 is 0 Å². The van der Waals surface area contributed by atoms with Crippen LogP contribution in [0.3, 0.4) is 0 Å². The average Bonchev–Trinajstić information content (AvgIpc) is 3.21. The molecule has 0 spiro atoms. The monoisotopic (exact) mass is 311 g/mol. The molecule has 0 radical (unpaired) electrons. The van der Waals surface area contributed by atoms with E-state index in [1.54, 1.807) is 6.20 Å². The van der Waals surface area contributed by atoms with Crippen LogP contribution in [0.25, 0.3) is 0 Å². The highest BCUT2D eigenvalue weighted by Gasteiger charge is 2.30. The Kier molecular flexibility index (Phi) is 4.58. The zero-order valence-corrected chi connectivity index (χ0v) is 13.5. The minimum Gasteiger partial charge on any atom is -0.383 e. The lowest BCUT2D eigenvalue weighted by atomic mass is 9.97. The number of nitriles is 1. The van der Waals surface area contributed by atoms with Gasteiger partial charge in [-0.25, -0.2) is 0 Å². The SMILES string of the molecule is CCn1cc([C@@H]2OCC[C@H]2CNc2cc(C)ncc2C#N)cn1. The summed E-state index contributed by atoms with van der Waals surface area (Å²) in [4.78, 5) is 4.17. The fourth-order valence-corrected chi connectivity index (χ4v) is 2.95. The number of anilines is 1. The van der Waals surface area contributed by atoms with Crippen LogP contribution in [0.1, 0.15) is 36.3 Å². The van der Waals surface area contributed by atoms with Gasteiger partial charge in [-0.3, -0.25) is 9.67 Å². The molecule has 1 fully saturated rings. The van der Waals surface area contributed by atoms with Gasteiger partial charge in [-0.2, -0.15) is 10.4 Å². The van der Waals surface area contributed by atoms with Crippen molar-refractivity contribution in [1.82, 2.24) is 14.8 Å². The summed E-state index contributed by atoms with van der Waals surface area (Å²) < 4.78 is 7.83. The van der Waals surface area contributed by atoms with Crippen LogP contribution in [0, 0.1) is 24.2 Å². The molecule has 3 heterocycles. The van der Waals surface area contributed by atoms with E-state index in [0.29, 0.717) is 11.5 Å². The maximum absolute atomic E-state index is 9.20. The molecule has 1 aliphatic heterocycles. The third-order valence-electron chi connectivity index (χ3n) is 4.24. The van der Waals surface area contributed by atoms with Gasteiger partial charge < -0.3 is 10.1 Å². The van der Waals surface area contributed by atoms with Crippen molar-refractivity contribution in [3.05, 3.63) is 41.5 Å². The van der Waals surface area contributed by atoms with Crippen molar-refractivity contribution in [2.75, 3.05) is 18.5 Å². The van der Waals surface area contributed by atoms with E-state index in [-0.39, 0.29) is 6.10 Å². The van der Waals surface area contributed by atoms with Gasteiger partial charge in [0.2, 0.25) is 0 Å². The lowest BCUT2D eigenvalue weighted by Crippen LogP contribution is -2.18. The number of nitrogens with zero attached hydrogens (tertiary/aromatic N) is 4. The molecule has 0 aliphatic carbocycles. The van der Waals surface area contributed by atoms with E-state index in [1.807, 2.05) is 23.9 Å². The first-order chi connectivity index (χ1) is 11.2. The third kappa shape index (κ3) is 3.35. The molecular formula is C17H21N5O. The third-order valence-corrected chi connectivity index (χ3v) is 4.24. The van der Waals surface area contributed by atoms with Crippen molar-refractivity contribution in [3.63, 3.8) is 0 Å². The molecule has 0 saturated carbocycles. The number of aromatic nitrogens is 3. The maximum atomic E-state index is 9.20. The Morgan fingerprint density at radius 3 is 3.09 bits per heavy atom. The van der Waals surface area contributed by atoms with Crippen molar-refractivity contribution >= 4 is 5.69 Å². The van der Waals surface area contributed by atoms with E-state index in [2.05, 4.69) is 34.6 Å². The van der Waals surface area contributed by atoms with Crippen molar-refractivity contribution < 1.29 is 4.74 Å². The number of rotatable bonds is 5. The van der Waals surface area contributed by atoms with Crippen LogP contribution in [-0.4, -0.2) is 27.9 Å². The topological polar surface area (TPSA) is 75.8 Å². The molecule has 0 amide bonds. The summed E-state index contributed by atoms with van der Waals surface area (Å²) in [5.74, 6) is 0.365. The first-order valence-corrected chi connectivity index (χ1v) is 7.95. The molecule has 3 rings (SSSR count). The van der Waals surface area contributed by atoms with Gasteiger partial charge in [-0.15, -0.1) is 0 Å². The quantitative estimate of drug-likeness (QED) is 0.918. The molecule has 1 N–H and O–H groups in total. The number of pyridine rings is 1. The predicted octanol–water partition coefficient (Wildman–Crippen LogP) is 2.67. The summed E-state index contributed by atoms with van der Waals surface area (Å²) in [6, 6.07) is 4.10. The zero-order chi connectivity index (χ0) is 16.2. The van der Waals surface area contributed by atoms with Crippen LogP contribution >= 0.6 is 0 Å². The molecule has 0 unspecified atom stereocenters. The van der Waals surface area contributed by atoms with E-state index >= 15 is 0 Å². The highest BCUT2D eigenvalue weighted by Crippen LogP contribution is 2.34. The van der Waals surface area contributed by atoms with Gasteiger partial charge in [0, 0.05) is 49.3 Å². The van der Waals surface area contributed by atoms with Gasteiger partial charge in [0.1, 0.15) is 6.07 Å². The van der Waals surface area contributed by atoms with Crippen LogP contribution in [0.15, 0.2) is 24.7 Å². The number of aryl methyl sites for hydroxylation is 2. The Hall–Kier alpha value is -2.39. The summed E-state index contributed by atoms with van der Waals surface area (Å²) in [5, 5.41) is 16.9. The van der Waals surface area contributed by atoms with Gasteiger partial charge in [0.15, 0.2) is 0 Å². The van der Waals surface area contributed by atoms with Crippen molar-refractivity contribution in [1.29, 1.82) is 5.26 Å². The normalized spacial score (nSPS) is 20.4. The van der Waals surface area contributed by atoms with E-state index in [1.165, 1.54) is 0 Å². The van der Waals surface area contributed by atoms with Crippen LogP contribution < -0.4 is 5.32 Å². The lowest BCUT2D eigenvalue weighted by Gasteiger charge is -2.19. The van der Waals surface area contributed by atoms with E-state index in [9.17, 15) is 5.26 Å². The Balaban J connectivity index is 1.70. The van der Waals surface area contributed by atoms with Crippen molar-refractivity contribution in [2.45, 2.75) is 32.9 Å². The molecule has 1 saturated heterocycles. The smallest absolute Gasteiger partial charge is 0.103 e. The molecular weight excluding hydrogens is 290 g/mol. The fraction of sp³-hybridized carbons (Fsp3) is 0.471. The Morgan fingerprint density at radius 1 is 1.48 bits per heavy atom. The second-order valence-corrected chi connectivity index (χ2v) is 5.83. The zero-order valence-electron chi connectivity index (χ0n) is 13.5. The maximum Gasteiger partial charge on any atom is 0.103 e. The molecule has 6 heteroatoms. The van der Waals surface area contributed by atoms with Crippen LogP contribution in [0.5, 0.6) is 0 Å². The number of nitrogens with one attached hydrogen (secondary N) is 1. The minimum atomic E-state index is 0.0660. The molecule has 6 nitrogen and oxygen atoms in total. The molecule has 2 aromatic rings. The first kappa shape index (κ1) is 15.5. The van der Waals surface area contributed by atoms with E-state index in [0.717, 1.165) is 43.1 Å². The fourth-order valence-electron chi connectivity index (χ4n) is 2.95. The lowest BCUT2D eigenvalue weighted by molar-refractivity contribution is 0.0932. The minimum absolute atomic E-state index is 0.0660. The summed E-state index contributed by atoms with van der Waals surface area (Å²) in [7, 11) is 0. The standard InChI is InChI=1S/C17H21N5O/c1-3-22-11-15(10-21-22)17-13(4-5-23-17)8-20-16-6-12(2)19-9-14(16)7-18/h6,9-11,13,17H,3-5,8H2,1-2H3,(H,19,20)/t13-,17+/m0/s1. The van der Waals surface area contributed by atoms with Gasteiger partial charge in [-0.05, 0) is 26.3 Å². The highest BCUT2D eigenvalue weighted by molar-refractivity contribution is 5.56. The number of hydrogen-bond acceptors (Lipinski definition) is 5. The van der Waals surface area contributed by atoms with Crippen LogP contribution in [0.4, 0.5) is 5.69 Å². The highest BCUT2D eigenvalue weighted by atomic mass is 16.5. The Morgan fingerprint density at radius 2 is 2.35 bits per heavy atom. The second-order valence-electron chi connectivity index (χ2n) is 5.83. The summed E-state index contributed by atoms with van der Waals surface area (Å²) >= 11 is 0. The Labute approximate surface area is 136 Å². The summed E-state index contributed by atoms with van der Waals surface area (Å²) in [6.45, 7) is 6.37. The number of ether oxygens (including phenoxy) is 1. The van der Waals surface area contributed by atoms with Crippen molar-refractivity contribution in [3.8, 4) is 6.07 Å². The largest absolute Gasteiger partial charge is 0.383 e. The summed E-state index contributed by atoms with van der Waals surface area (Å²) in [5.41, 5.74) is 3.44. The van der Waals surface area contributed by atoms with Crippen LogP contribution in [-0.2, 0) is 11.3 Å². The van der Waals surface area contributed by atoms with Gasteiger partial charge in [-0.1, -0.05) is 0 Å². The molecule has 2 aromatic heterocycles. The first-order valence-electron chi connectivity index (χ1n) is 7.95. The van der Waals surface area contributed by atoms with Crippen LogP contribution in [0.2, 0.25) is 0 Å². The molecule has 2 atom stereocenters. The molecule has 0 bridgehead atoms. The number of hydrogen-bond donors (Lipinski definition) is 1. The van der Waals surface area contributed by atoms with Gasteiger partial charge in [0.05, 0.1) is 23.6 Å². The average molecular weight is 311 g/mol. The predicted molar refractivity (Wildman–Crippen MR) is 86.9 cm³/mol. The Bertz CT molecular complexity index is 718. The molecule has 1 aliphatic rings. The molecule has 120 valence electrons.